The molecule has 3 aliphatic rings. The number of aryl methyl sites for hydroxylation is 1. The van der Waals surface area contributed by atoms with Crippen LogP contribution in [-0.4, -0.2) is 59.2 Å². The standard InChI is InChI=1S/C34H56BN3O4/c1-25(39)36-34(30(40)37-31(2,3)4,21-13-14-22-35-41-32(5,6)33(7,8)42-35)27-19-23-38(24-20-27)29-18-12-10-16-26-15-9-11-17-28(26)29/h9,11,15,17,27,29H,10,12-14,16,18-24H2,1-8H3,(H,36,39)(H,37,40). The lowest BCUT2D eigenvalue weighted by atomic mass is 9.72. The van der Waals surface area contributed by atoms with E-state index in [1.54, 1.807) is 6.92 Å². The van der Waals surface area contributed by atoms with Crippen molar-refractivity contribution in [3.8, 4) is 0 Å². The third kappa shape index (κ3) is 7.60. The lowest BCUT2D eigenvalue weighted by Gasteiger charge is -2.46. The molecular formula is C34H56BN3O4. The molecule has 2 heterocycles. The number of amides is 2. The van der Waals surface area contributed by atoms with Crippen LogP contribution in [0.4, 0.5) is 0 Å². The molecule has 0 aromatic heterocycles. The van der Waals surface area contributed by atoms with Crippen LogP contribution in [-0.2, 0) is 25.3 Å². The summed E-state index contributed by atoms with van der Waals surface area (Å²) in [6.45, 7) is 17.7. The van der Waals surface area contributed by atoms with Crippen molar-refractivity contribution in [2.75, 3.05) is 13.1 Å². The van der Waals surface area contributed by atoms with Crippen LogP contribution in [0, 0.1) is 5.92 Å². The molecule has 0 spiro atoms. The number of carbonyl (C=O) groups is 2. The molecule has 7 nitrogen and oxygen atoms in total. The van der Waals surface area contributed by atoms with Crippen molar-refractivity contribution in [1.82, 2.24) is 15.5 Å². The third-order valence-corrected chi connectivity index (χ3v) is 10.1. The number of nitrogens with zero attached hydrogens (tertiary/aromatic N) is 1. The number of benzene rings is 1. The SMILES string of the molecule is CC(=O)NC(CCCCB1OC(C)(C)C(C)(C)O1)(C(=O)NC(C)(C)C)C1CCN(C2CCCCc3ccccc32)CC1. The van der Waals surface area contributed by atoms with Crippen LogP contribution in [0.5, 0.6) is 0 Å². The topological polar surface area (TPSA) is 79.9 Å². The largest absolute Gasteiger partial charge is 0.457 e. The van der Waals surface area contributed by atoms with E-state index in [-0.39, 0.29) is 36.1 Å². The summed E-state index contributed by atoms with van der Waals surface area (Å²) in [6.07, 6.45) is 9.63. The quantitative estimate of drug-likeness (QED) is 0.206. The number of piperidine rings is 1. The molecule has 42 heavy (non-hydrogen) atoms. The maximum Gasteiger partial charge on any atom is 0.457 e. The van der Waals surface area contributed by atoms with Crippen molar-refractivity contribution < 1.29 is 18.9 Å². The van der Waals surface area contributed by atoms with E-state index in [2.05, 4.69) is 67.5 Å². The van der Waals surface area contributed by atoms with Crippen LogP contribution in [0.2, 0.25) is 6.32 Å². The van der Waals surface area contributed by atoms with Gasteiger partial charge >= 0.3 is 7.12 Å². The highest BCUT2D eigenvalue weighted by atomic mass is 16.7. The second-order valence-electron chi connectivity index (χ2n) is 15.1. The average Bonchev–Trinajstić information content (AvgIpc) is 3.02. The van der Waals surface area contributed by atoms with Gasteiger partial charge in [-0.05, 0) is 123 Å². The zero-order chi connectivity index (χ0) is 30.8. The van der Waals surface area contributed by atoms with Crippen LogP contribution >= 0.6 is 0 Å². The molecule has 2 amide bonds. The molecule has 1 aromatic rings. The monoisotopic (exact) mass is 581 g/mol. The van der Waals surface area contributed by atoms with Crippen molar-refractivity contribution in [2.45, 2.75) is 148 Å². The minimum Gasteiger partial charge on any atom is -0.403 e. The Balaban J connectivity index is 1.48. The Morgan fingerprint density at radius 3 is 2.21 bits per heavy atom. The molecular weight excluding hydrogens is 525 g/mol. The van der Waals surface area contributed by atoms with E-state index < -0.39 is 11.1 Å². The third-order valence-electron chi connectivity index (χ3n) is 10.1. The minimum atomic E-state index is -0.942. The Morgan fingerprint density at radius 1 is 0.952 bits per heavy atom. The van der Waals surface area contributed by atoms with Gasteiger partial charge in [0.05, 0.1) is 11.2 Å². The van der Waals surface area contributed by atoms with Crippen LogP contribution in [0.1, 0.15) is 124 Å². The lowest BCUT2D eigenvalue weighted by Crippen LogP contribution is -2.66. The molecule has 8 heteroatoms. The summed E-state index contributed by atoms with van der Waals surface area (Å²) >= 11 is 0. The van der Waals surface area contributed by atoms with Crippen LogP contribution < -0.4 is 10.6 Å². The highest BCUT2D eigenvalue weighted by Crippen LogP contribution is 2.41. The first-order chi connectivity index (χ1) is 19.6. The molecule has 2 aliphatic heterocycles. The molecule has 0 radical (unpaired) electrons. The van der Waals surface area contributed by atoms with Crippen molar-refractivity contribution in [3.63, 3.8) is 0 Å². The summed E-state index contributed by atoms with van der Waals surface area (Å²) in [6, 6.07) is 9.38. The first-order valence-corrected chi connectivity index (χ1v) is 16.4. The smallest absolute Gasteiger partial charge is 0.403 e. The van der Waals surface area contributed by atoms with E-state index in [0.717, 1.165) is 51.5 Å². The summed E-state index contributed by atoms with van der Waals surface area (Å²) in [4.78, 5) is 29.5. The van der Waals surface area contributed by atoms with E-state index in [0.29, 0.717) is 12.5 Å². The molecule has 0 bridgehead atoms. The van der Waals surface area contributed by atoms with Crippen molar-refractivity contribution in [1.29, 1.82) is 0 Å². The number of carbonyl (C=O) groups excluding carboxylic acids is 2. The van der Waals surface area contributed by atoms with Crippen LogP contribution in [0.25, 0.3) is 0 Å². The number of hydrogen-bond acceptors (Lipinski definition) is 5. The van der Waals surface area contributed by atoms with Gasteiger partial charge in [0.2, 0.25) is 11.8 Å². The summed E-state index contributed by atoms with van der Waals surface area (Å²) in [5, 5.41) is 6.47. The number of likely N-dealkylation sites (tertiary alicyclic amines) is 1. The highest BCUT2D eigenvalue weighted by Gasteiger charge is 2.51. The maximum absolute atomic E-state index is 14.1. The Morgan fingerprint density at radius 2 is 1.60 bits per heavy atom. The molecule has 4 rings (SSSR count). The van der Waals surface area contributed by atoms with E-state index in [1.165, 1.54) is 30.4 Å². The first kappa shape index (κ1) is 33.0. The van der Waals surface area contributed by atoms with Crippen molar-refractivity contribution in [3.05, 3.63) is 35.4 Å². The maximum atomic E-state index is 14.1. The van der Waals surface area contributed by atoms with Gasteiger partial charge in [-0.15, -0.1) is 0 Å². The van der Waals surface area contributed by atoms with E-state index in [1.807, 2.05) is 20.8 Å². The predicted octanol–water partition coefficient (Wildman–Crippen LogP) is 6.22. The Hall–Kier alpha value is -1.90. The summed E-state index contributed by atoms with van der Waals surface area (Å²) in [7, 11) is -0.251. The van der Waals surface area contributed by atoms with Gasteiger partial charge in [0.1, 0.15) is 5.54 Å². The molecule has 2 unspecified atom stereocenters. The van der Waals surface area contributed by atoms with E-state index in [9.17, 15) is 9.59 Å². The highest BCUT2D eigenvalue weighted by molar-refractivity contribution is 6.45. The molecule has 2 N–H and O–H groups in total. The normalized spacial score (nSPS) is 24.4. The number of hydrogen-bond donors (Lipinski definition) is 2. The zero-order valence-corrected chi connectivity index (χ0v) is 27.6. The summed E-state index contributed by atoms with van der Waals surface area (Å²) in [5.41, 5.74) is 0.930. The molecule has 1 aromatic carbocycles. The van der Waals surface area contributed by atoms with E-state index >= 15 is 0 Å². The summed E-state index contributed by atoms with van der Waals surface area (Å²) in [5.74, 6) is -0.137. The molecule has 0 saturated carbocycles. The number of fused-ring (bicyclic) bond motifs is 1. The second-order valence-corrected chi connectivity index (χ2v) is 15.1. The molecule has 2 atom stereocenters. The number of unbranched alkanes of at least 4 members (excludes halogenated alkanes) is 1. The first-order valence-electron chi connectivity index (χ1n) is 16.4. The molecule has 2 fully saturated rings. The van der Waals surface area contributed by atoms with Crippen molar-refractivity contribution >= 4 is 18.9 Å². The molecule has 2 saturated heterocycles. The van der Waals surface area contributed by atoms with Gasteiger partial charge in [-0.1, -0.05) is 43.5 Å². The number of rotatable bonds is 9. The van der Waals surface area contributed by atoms with Gasteiger partial charge < -0.3 is 19.9 Å². The van der Waals surface area contributed by atoms with Crippen LogP contribution in [0.3, 0.4) is 0 Å². The minimum absolute atomic E-state index is 0.0564. The Bertz CT molecular complexity index is 1080. The Kier molecular flexibility index (Phi) is 10.2. The second kappa shape index (κ2) is 13.0. The van der Waals surface area contributed by atoms with Crippen LogP contribution in [0.15, 0.2) is 24.3 Å². The fourth-order valence-corrected chi connectivity index (χ4v) is 7.27. The number of nitrogens with one attached hydrogen (secondary N) is 2. The Labute approximate surface area is 255 Å². The molecule has 1 aliphatic carbocycles. The van der Waals surface area contributed by atoms with E-state index in [4.69, 9.17) is 9.31 Å². The van der Waals surface area contributed by atoms with Gasteiger partial charge in [-0.25, -0.2) is 0 Å². The van der Waals surface area contributed by atoms with Crippen molar-refractivity contribution in [2.24, 2.45) is 5.92 Å². The average molecular weight is 582 g/mol. The predicted molar refractivity (Wildman–Crippen MR) is 170 cm³/mol. The van der Waals surface area contributed by atoms with Gasteiger partial charge in [0.15, 0.2) is 0 Å². The van der Waals surface area contributed by atoms with Gasteiger partial charge in [-0.2, -0.15) is 0 Å². The van der Waals surface area contributed by atoms with Gasteiger partial charge in [0, 0.05) is 18.5 Å². The fraction of sp³-hybridized carbons (Fsp3) is 0.765. The summed E-state index contributed by atoms with van der Waals surface area (Å²) < 4.78 is 12.4. The fourth-order valence-electron chi connectivity index (χ4n) is 7.27. The van der Waals surface area contributed by atoms with Gasteiger partial charge in [0.25, 0.3) is 0 Å². The molecule has 234 valence electrons. The lowest BCUT2D eigenvalue weighted by molar-refractivity contribution is -0.138. The zero-order valence-electron chi connectivity index (χ0n) is 27.6. The van der Waals surface area contributed by atoms with Gasteiger partial charge in [-0.3, -0.25) is 14.5 Å².